The molecule has 1 heterocycles. The van der Waals surface area contributed by atoms with Gasteiger partial charge in [0, 0.05) is 18.8 Å². The molecule has 4 heteroatoms. The minimum absolute atomic E-state index is 0.122. The summed E-state index contributed by atoms with van der Waals surface area (Å²) in [6.07, 6.45) is 6.61. The third-order valence-electron chi connectivity index (χ3n) is 4.00. The minimum Gasteiger partial charge on any atom is -0.394 e. The van der Waals surface area contributed by atoms with Crippen LogP contribution in [0.5, 0.6) is 0 Å². The molecule has 1 saturated heterocycles. The SMILES string of the molecule is CCCNC(CC)(CO)CCCOCC1CCCO1. The summed E-state index contributed by atoms with van der Waals surface area (Å²) in [5, 5.41) is 13.1. The second-order valence-electron chi connectivity index (χ2n) is 5.53. The van der Waals surface area contributed by atoms with E-state index in [1.54, 1.807) is 0 Å². The van der Waals surface area contributed by atoms with Crippen molar-refractivity contribution in [1.82, 2.24) is 5.32 Å². The molecule has 0 amide bonds. The van der Waals surface area contributed by atoms with Gasteiger partial charge in [0.2, 0.25) is 0 Å². The Morgan fingerprint density at radius 1 is 1.42 bits per heavy atom. The second kappa shape index (κ2) is 9.70. The van der Waals surface area contributed by atoms with Gasteiger partial charge in [0.15, 0.2) is 0 Å². The van der Waals surface area contributed by atoms with Crippen LogP contribution in [-0.4, -0.2) is 49.7 Å². The summed E-state index contributed by atoms with van der Waals surface area (Å²) in [7, 11) is 0. The Morgan fingerprint density at radius 3 is 2.84 bits per heavy atom. The lowest BCUT2D eigenvalue weighted by atomic mass is 9.91. The second-order valence-corrected chi connectivity index (χ2v) is 5.53. The molecular weight excluding hydrogens is 242 g/mol. The van der Waals surface area contributed by atoms with Crippen LogP contribution in [0.3, 0.4) is 0 Å². The van der Waals surface area contributed by atoms with Crippen LogP contribution in [-0.2, 0) is 9.47 Å². The van der Waals surface area contributed by atoms with Crippen molar-refractivity contribution in [2.75, 3.05) is 33.0 Å². The fourth-order valence-electron chi connectivity index (χ4n) is 2.53. The maximum Gasteiger partial charge on any atom is 0.0809 e. The molecule has 0 aromatic carbocycles. The van der Waals surface area contributed by atoms with Crippen LogP contribution in [0.2, 0.25) is 0 Å². The normalized spacial score (nSPS) is 22.6. The average Bonchev–Trinajstić information content (AvgIpc) is 2.95. The highest BCUT2D eigenvalue weighted by Crippen LogP contribution is 2.17. The highest BCUT2D eigenvalue weighted by molar-refractivity contribution is 4.85. The van der Waals surface area contributed by atoms with Gasteiger partial charge in [-0.25, -0.2) is 0 Å². The molecule has 2 atom stereocenters. The van der Waals surface area contributed by atoms with E-state index in [1.807, 2.05) is 0 Å². The molecular formula is C15H31NO3. The number of nitrogens with one attached hydrogen (secondary N) is 1. The summed E-state index contributed by atoms with van der Waals surface area (Å²) < 4.78 is 11.2. The summed E-state index contributed by atoms with van der Waals surface area (Å²) in [5.41, 5.74) is -0.122. The molecule has 2 unspecified atom stereocenters. The van der Waals surface area contributed by atoms with Crippen molar-refractivity contribution < 1.29 is 14.6 Å². The summed E-state index contributed by atoms with van der Waals surface area (Å²) in [6.45, 7) is 7.82. The van der Waals surface area contributed by atoms with Crippen LogP contribution in [0.4, 0.5) is 0 Å². The molecule has 0 aliphatic carbocycles. The predicted molar refractivity (Wildman–Crippen MR) is 77.4 cm³/mol. The van der Waals surface area contributed by atoms with Crippen molar-refractivity contribution in [1.29, 1.82) is 0 Å². The van der Waals surface area contributed by atoms with Crippen LogP contribution in [0.1, 0.15) is 52.4 Å². The van der Waals surface area contributed by atoms with Crippen molar-refractivity contribution in [3.8, 4) is 0 Å². The maximum atomic E-state index is 9.61. The first-order valence-electron chi connectivity index (χ1n) is 7.81. The summed E-state index contributed by atoms with van der Waals surface area (Å²) in [4.78, 5) is 0. The molecule has 0 aromatic rings. The highest BCUT2D eigenvalue weighted by Gasteiger charge is 2.25. The van der Waals surface area contributed by atoms with Gasteiger partial charge in [-0.05, 0) is 45.1 Å². The van der Waals surface area contributed by atoms with Crippen LogP contribution >= 0.6 is 0 Å². The van der Waals surface area contributed by atoms with E-state index in [2.05, 4.69) is 19.2 Å². The fraction of sp³-hybridized carbons (Fsp3) is 1.00. The molecule has 0 spiro atoms. The van der Waals surface area contributed by atoms with E-state index in [9.17, 15) is 5.11 Å². The number of aliphatic hydroxyl groups excluding tert-OH is 1. The van der Waals surface area contributed by atoms with Gasteiger partial charge in [-0.1, -0.05) is 13.8 Å². The average molecular weight is 273 g/mol. The Balaban J connectivity index is 2.12. The largest absolute Gasteiger partial charge is 0.394 e. The number of ether oxygens (including phenoxy) is 2. The first-order chi connectivity index (χ1) is 9.26. The molecule has 19 heavy (non-hydrogen) atoms. The lowest BCUT2D eigenvalue weighted by molar-refractivity contribution is 0.0132. The van der Waals surface area contributed by atoms with Gasteiger partial charge in [-0.15, -0.1) is 0 Å². The third kappa shape index (κ3) is 6.21. The fourth-order valence-corrected chi connectivity index (χ4v) is 2.53. The Kier molecular flexibility index (Phi) is 8.62. The van der Waals surface area contributed by atoms with Gasteiger partial charge < -0.3 is 19.9 Å². The van der Waals surface area contributed by atoms with E-state index in [-0.39, 0.29) is 12.1 Å². The van der Waals surface area contributed by atoms with Crippen LogP contribution in [0.15, 0.2) is 0 Å². The summed E-state index contributed by atoms with van der Waals surface area (Å²) in [5.74, 6) is 0. The van der Waals surface area contributed by atoms with Gasteiger partial charge in [0.25, 0.3) is 0 Å². The molecule has 114 valence electrons. The van der Waals surface area contributed by atoms with Gasteiger partial charge in [0.05, 0.1) is 19.3 Å². The van der Waals surface area contributed by atoms with E-state index in [0.29, 0.717) is 6.10 Å². The maximum absolute atomic E-state index is 9.61. The Bertz CT molecular complexity index is 213. The molecule has 0 bridgehead atoms. The summed E-state index contributed by atoms with van der Waals surface area (Å²) >= 11 is 0. The van der Waals surface area contributed by atoms with E-state index < -0.39 is 0 Å². The minimum atomic E-state index is -0.122. The van der Waals surface area contributed by atoms with Crippen molar-refractivity contribution in [2.45, 2.75) is 64.0 Å². The lowest BCUT2D eigenvalue weighted by Crippen LogP contribution is -2.48. The number of rotatable bonds is 11. The van der Waals surface area contributed by atoms with E-state index in [4.69, 9.17) is 9.47 Å². The summed E-state index contributed by atoms with van der Waals surface area (Å²) in [6, 6.07) is 0. The third-order valence-corrected chi connectivity index (χ3v) is 4.00. The highest BCUT2D eigenvalue weighted by atomic mass is 16.5. The zero-order chi connectivity index (χ0) is 14.0. The Labute approximate surface area is 117 Å². The first kappa shape index (κ1) is 16.9. The Morgan fingerprint density at radius 2 is 2.26 bits per heavy atom. The predicted octanol–water partition coefficient (Wildman–Crippen LogP) is 2.10. The Hall–Kier alpha value is -0.160. The number of hydrogen-bond donors (Lipinski definition) is 2. The van der Waals surface area contributed by atoms with Crippen molar-refractivity contribution in [3.63, 3.8) is 0 Å². The van der Waals surface area contributed by atoms with E-state index in [1.165, 1.54) is 6.42 Å². The van der Waals surface area contributed by atoms with Crippen LogP contribution in [0, 0.1) is 0 Å². The van der Waals surface area contributed by atoms with Gasteiger partial charge in [-0.2, -0.15) is 0 Å². The molecule has 0 radical (unpaired) electrons. The van der Waals surface area contributed by atoms with Crippen molar-refractivity contribution in [2.24, 2.45) is 0 Å². The lowest BCUT2D eigenvalue weighted by Gasteiger charge is -2.32. The van der Waals surface area contributed by atoms with Crippen molar-refractivity contribution >= 4 is 0 Å². The molecule has 1 aliphatic heterocycles. The molecule has 1 fully saturated rings. The quantitative estimate of drug-likeness (QED) is 0.566. The van der Waals surface area contributed by atoms with E-state index in [0.717, 1.165) is 58.5 Å². The number of aliphatic hydroxyl groups is 1. The van der Waals surface area contributed by atoms with Crippen LogP contribution in [0.25, 0.3) is 0 Å². The van der Waals surface area contributed by atoms with E-state index >= 15 is 0 Å². The van der Waals surface area contributed by atoms with Gasteiger partial charge in [0.1, 0.15) is 0 Å². The standard InChI is InChI=1S/C15H31NO3/c1-3-9-16-15(4-2,13-17)8-6-10-18-12-14-7-5-11-19-14/h14,16-17H,3-13H2,1-2H3. The monoisotopic (exact) mass is 273 g/mol. The topological polar surface area (TPSA) is 50.7 Å². The van der Waals surface area contributed by atoms with Crippen LogP contribution < -0.4 is 5.32 Å². The molecule has 2 N–H and O–H groups in total. The zero-order valence-electron chi connectivity index (χ0n) is 12.6. The zero-order valence-corrected chi connectivity index (χ0v) is 12.6. The smallest absolute Gasteiger partial charge is 0.0809 e. The molecule has 1 rings (SSSR count). The molecule has 0 saturated carbocycles. The van der Waals surface area contributed by atoms with Gasteiger partial charge >= 0.3 is 0 Å². The molecule has 0 aromatic heterocycles. The van der Waals surface area contributed by atoms with Gasteiger partial charge in [-0.3, -0.25) is 0 Å². The first-order valence-corrected chi connectivity index (χ1v) is 7.81. The van der Waals surface area contributed by atoms with Crippen molar-refractivity contribution in [3.05, 3.63) is 0 Å². The number of hydrogen-bond acceptors (Lipinski definition) is 4. The molecule has 1 aliphatic rings. The molecule has 4 nitrogen and oxygen atoms in total.